The molecule has 0 bridgehead atoms. The first kappa shape index (κ1) is 13.1. The SMILES string of the molecule is Cc1noc(CCNC(=O)CNc2ccccc2)n1. The Hall–Kier alpha value is -2.37. The van der Waals surface area contributed by atoms with Crippen LogP contribution in [0.4, 0.5) is 5.69 Å². The third-order valence-corrected chi connectivity index (χ3v) is 2.46. The van der Waals surface area contributed by atoms with Crippen LogP contribution in [0.2, 0.25) is 0 Å². The predicted molar refractivity (Wildman–Crippen MR) is 70.7 cm³/mol. The van der Waals surface area contributed by atoms with Crippen molar-refractivity contribution < 1.29 is 9.32 Å². The van der Waals surface area contributed by atoms with E-state index in [2.05, 4.69) is 20.8 Å². The van der Waals surface area contributed by atoms with Gasteiger partial charge in [0.2, 0.25) is 11.8 Å². The van der Waals surface area contributed by atoms with E-state index in [-0.39, 0.29) is 12.5 Å². The van der Waals surface area contributed by atoms with Crippen LogP contribution in [0, 0.1) is 6.92 Å². The van der Waals surface area contributed by atoms with Gasteiger partial charge in [-0.25, -0.2) is 0 Å². The average molecular weight is 260 g/mol. The molecule has 2 N–H and O–H groups in total. The summed E-state index contributed by atoms with van der Waals surface area (Å²) < 4.78 is 4.95. The zero-order chi connectivity index (χ0) is 13.5. The quantitative estimate of drug-likeness (QED) is 0.814. The van der Waals surface area contributed by atoms with Crippen LogP contribution in [0.1, 0.15) is 11.7 Å². The van der Waals surface area contributed by atoms with Crippen molar-refractivity contribution in [2.24, 2.45) is 0 Å². The van der Waals surface area contributed by atoms with Gasteiger partial charge in [0.1, 0.15) is 0 Å². The smallest absolute Gasteiger partial charge is 0.239 e. The van der Waals surface area contributed by atoms with Crippen molar-refractivity contribution in [2.45, 2.75) is 13.3 Å². The number of nitrogens with one attached hydrogen (secondary N) is 2. The Morgan fingerprint density at radius 2 is 2.11 bits per heavy atom. The fraction of sp³-hybridized carbons (Fsp3) is 0.308. The number of hydrogen-bond donors (Lipinski definition) is 2. The van der Waals surface area contributed by atoms with Crippen molar-refractivity contribution in [3.8, 4) is 0 Å². The average Bonchev–Trinajstić information content (AvgIpc) is 2.83. The summed E-state index contributed by atoms with van der Waals surface area (Å²) in [5.74, 6) is 1.07. The molecule has 19 heavy (non-hydrogen) atoms. The summed E-state index contributed by atoms with van der Waals surface area (Å²) in [4.78, 5) is 15.6. The molecule has 0 aliphatic heterocycles. The minimum absolute atomic E-state index is 0.0694. The van der Waals surface area contributed by atoms with Crippen LogP contribution in [0.15, 0.2) is 34.9 Å². The highest BCUT2D eigenvalue weighted by atomic mass is 16.5. The van der Waals surface area contributed by atoms with E-state index in [9.17, 15) is 4.79 Å². The number of benzene rings is 1. The molecule has 0 atom stereocenters. The van der Waals surface area contributed by atoms with E-state index in [0.717, 1.165) is 5.69 Å². The van der Waals surface area contributed by atoms with Gasteiger partial charge < -0.3 is 15.2 Å². The minimum Gasteiger partial charge on any atom is -0.376 e. The number of anilines is 1. The molecule has 1 aromatic carbocycles. The topological polar surface area (TPSA) is 80.0 Å². The third-order valence-electron chi connectivity index (χ3n) is 2.46. The van der Waals surface area contributed by atoms with Crippen molar-refractivity contribution in [3.63, 3.8) is 0 Å². The summed E-state index contributed by atoms with van der Waals surface area (Å²) in [6.45, 7) is 2.49. The van der Waals surface area contributed by atoms with Crippen LogP contribution in [-0.2, 0) is 11.2 Å². The molecule has 1 aromatic heterocycles. The molecule has 2 aromatic rings. The van der Waals surface area contributed by atoms with E-state index in [0.29, 0.717) is 24.7 Å². The van der Waals surface area contributed by atoms with Gasteiger partial charge in [-0.15, -0.1) is 0 Å². The fourth-order valence-corrected chi connectivity index (χ4v) is 1.55. The van der Waals surface area contributed by atoms with Gasteiger partial charge in [0.25, 0.3) is 0 Å². The largest absolute Gasteiger partial charge is 0.376 e. The molecule has 0 aliphatic rings. The van der Waals surface area contributed by atoms with Crippen LogP contribution in [0.5, 0.6) is 0 Å². The Kier molecular flexibility index (Phi) is 4.49. The molecule has 100 valence electrons. The van der Waals surface area contributed by atoms with Crippen LogP contribution >= 0.6 is 0 Å². The molecular formula is C13H16N4O2. The zero-order valence-corrected chi connectivity index (χ0v) is 10.7. The number of carbonyl (C=O) groups excluding carboxylic acids is 1. The molecule has 0 saturated carbocycles. The highest BCUT2D eigenvalue weighted by molar-refractivity contribution is 5.80. The maximum Gasteiger partial charge on any atom is 0.239 e. The maximum atomic E-state index is 11.6. The summed E-state index contributed by atoms with van der Waals surface area (Å²) >= 11 is 0. The van der Waals surface area contributed by atoms with Crippen molar-refractivity contribution in [2.75, 3.05) is 18.4 Å². The lowest BCUT2D eigenvalue weighted by atomic mass is 10.3. The first-order chi connectivity index (χ1) is 9.24. The molecule has 0 spiro atoms. The molecular weight excluding hydrogens is 244 g/mol. The van der Waals surface area contributed by atoms with Crippen LogP contribution in [-0.4, -0.2) is 29.1 Å². The van der Waals surface area contributed by atoms with E-state index in [1.165, 1.54) is 0 Å². The fourth-order valence-electron chi connectivity index (χ4n) is 1.55. The highest BCUT2D eigenvalue weighted by Crippen LogP contribution is 2.03. The molecule has 6 nitrogen and oxygen atoms in total. The van der Waals surface area contributed by atoms with Crippen LogP contribution in [0.3, 0.4) is 0 Å². The van der Waals surface area contributed by atoms with Crippen molar-refractivity contribution in [1.82, 2.24) is 15.5 Å². The monoisotopic (exact) mass is 260 g/mol. The predicted octanol–water partition coefficient (Wildman–Crippen LogP) is 1.15. The third kappa shape index (κ3) is 4.42. The van der Waals surface area contributed by atoms with E-state index < -0.39 is 0 Å². The molecule has 0 radical (unpaired) electrons. The Morgan fingerprint density at radius 3 is 2.79 bits per heavy atom. The van der Waals surface area contributed by atoms with E-state index in [4.69, 9.17) is 4.52 Å². The van der Waals surface area contributed by atoms with Gasteiger partial charge in [0.05, 0.1) is 6.54 Å². The van der Waals surface area contributed by atoms with Crippen molar-refractivity contribution >= 4 is 11.6 Å². The van der Waals surface area contributed by atoms with Gasteiger partial charge in [0, 0.05) is 18.7 Å². The molecule has 1 heterocycles. The van der Waals surface area contributed by atoms with Crippen LogP contribution in [0.25, 0.3) is 0 Å². The lowest BCUT2D eigenvalue weighted by Gasteiger charge is -2.06. The molecule has 0 saturated heterocycles. The van der Waals surface area contributed by atoms with Crippen molar-refractivity contribution in [1.29, 1.82) is 0 Å². The second-order valence-electron chi connectivity index (χ2n) is 4.05. The molecule has 6 heteroatoms. The lowest BCUT2D eigenvalue weighted by molar-refractivity contribution is -0.119. The standard InChI is InChI=1S/C13H16N4O2/c1-10-16-13(19-17-10)7-8-14-12(18)9-15-11-5-3-2-4-6-11/h2-6,15H,7-9H2,1H3,(H,14,18). The van der Waals surface area contributed by atoms with E-state index in [1.807, 2.05) is 30.3 Å². The lowest BCUT2D eigenvalue weighted by Crippen LogP contribution is -2.31. The molecule has 0 fully saturated rings. The molecule has 1 amide bonds. The molecule has 0 aliphatic carbocycles. The first-order valence-corrected chi connectivity index (χ1v) is 6.09. The number of hydrogen-bond acceptors (Lipinski definition) is 5. The van der Waals surface area contributed by atoms with Crippen LogP contribution < -0.4 is 10.6 Å². The van der Waals surface area contributed by atoms with E-state index in [1.54, 1.807) is 6.92 Å². The normalized spacial score (nSPS) is 10.2. The second-order valence-corrected chi connectivity index (χ2v) is 4.05. The summed E-state index contributed by atoms with van der Waals surface area (Å²) in [6, 6.07) is 9.58. The Labute approximate surface area is 111 Å². The summed E-state index contributed by atoms with van der Waals surface area (Å²) in [5.41, 5.74) is 0.921. The van der Waals surface area contributed by atoms with Crippen molar-refractivity contribution in [3.05, 3.63) is 42.0 Å². The Balaban J connectivity index is 1.65. The van der Waals surface area contributed by atoms with Gasteiger partial charge >= 0.3 is 0 Å². The highest BCUT2D eigenvalue weighted by Gasteiger charge is 2.04. The summed E-state index contributed by atoms with van der Waals surface area (Å²) in [5, 5.41) is 9.49. The second kappa shape index (κ2) is 6.53. The Morgan fingerprint density at radius 1 is 1.32 bits per heavy atom. The van der Waals surface area contributed by atoms with E-state index >= 15 is 0 Å². The van der Waals surface area contributed by atoms with Gasteiger partial charge in [0.15, 0.2) is 5.82 Å². The molecule has 0 unspecified atom stereocenters. The Bertz CT molecular complexity index is 524. The number of carbonyl (C=O) groups is 1. The van der Waals surface area contributed by atoms with Gasteiger partial charge in [-0.05, 0) is 19.1 Å². The first-order valence-electron chi connectivity index (χ1n) is 6.09. The number of amides is 1. The number of rotatable bonds is 6. The number of aryl methyl sites for hydroxylation is 1. The maximum absolute atomic E-state index is 11.6. The van der Waals surface area contributed by atoms with Gasteiger partial charge in [-0.2, -0.15) is 4.98 Å². The zero-order valence-electron chi connectivity index (χ0n) is 10.7. The summed E-state index contributed by atoms with van der Waals surface area (Å²) in [6.07, 6.45) is 0.540. The summed E-state index contributed by atoms with van der Waals surface area (Å²) in [7, 11) is 0. The number of aromatic nitrogens is 2. The number of nitrogens with zero attached hydrogens (tertiary/aromatic N) is 2. The number of para-hydroxylation sites is 1. The van der Waals surface area contributed by atoms with Gasteiger partial charge in [-0.3, -0.25) is 4.79 Å². The molecule has 2 rings (SSSR count). The van der Waals surface area contributed by atoms with Gasteiger partial charge in [-0.1, -0.05) is 23.4 Å². The minimum atomic E-state index is -0.0694.